The highest BCUT2D eigenvalue weighted by Crippen LogP contribution is 2.44. The van der Waals surface area contributed by atoms with E-state index in [4.69, 9.17) is 72.0 Å². The van der Waals surface area contributed by atoms with Gasteiger partial charge in [-0.2, -0.15) is 4.98 Å². The van der Waals surface area contributed by atoms with Crippen LogP contribution in [-0.2, 0) is 79.5 Å². The Bertz CT molecular complexity index is 2060. The zero-order valence-corrected chi connectivity index (χ0v) is 43.2. The normalized spacial score (nSPS) is 11.9. The predicted molar refractivity (Wildman–Crippen MR) is 277 cm³/mol. The van der Waals surface area contributed by atoms with Gasteiger partial charge in [0.25, 0.3) is 0 Å². The van der Waals surface area contributed by atoms with E-state index in [1.807, 2.05) is 48.5 Å². The minimum Gasteiger partial charge on any atom is -0.459 e. The first-order chi connectivity index (χ1) is 37.1. The highest BCUT2D eigenvalue weighted by molar-refractivity contribution is 5.79. The van der Waals surface area contributed by atoms with Gasteiger partial charge < -0.3 is 82.7 Å². The van der Waals surface area contributed by atoms with Crippen LogP contribution in [0, 0.1) is 0 Å². The van der Waals surface area contributed by atoms with Crippen molar-refractivity contribution in [3.63, 3.8) is 0 Å². The number of rotatable bonds is 46. The standard InChI is InChI=1S/C54H77N5O16/c55-51-13-15-56-53(59-51)74-42-45-11-9-44(10-12-45)41-58-52(60)14-17-62-19-21-64-23-25-66-27-29-68-31-33-70-35-37-72-39-40-73-38-36-71-34-32-69-30-28-67-26-24-65-22-20-63-18-16-57-54(61)75-43-50-48-7-3-1-5-46(48)47-6-2-4-8-49(47)50/h1-13,15,50H,14,16-43H2,(H,57,61)(H,58,60)(H2,55,56,59). The zero-order valence-electron chi connectivity index (χ0n) is 43.2. The van der Waals surface area contributed by atoms with Crippen LogP contribution in [0.25, 0.3) is 11.1 Å². The van der Waals surface area contributed by atoms with E-state index in [1.165, 1.54) is 22.3 Å². The lowest BCUT2D eigenvalue weighted by Gasteiger charge is -2.14. The van der Waals surface area contributed by atoms with E-state index in [-0.39, 0.29) is 30.9 Å². The minimum atomic E-state index is -0.459. The van der Waals surface area contributed by atoms with Crippen molar-refractivity contribution in [3.05, 3.63) is 107 Å². The van der Waals surface area contributed by atoms with Gasteiger partial charge in [-0.1, -0.05) is 72.8 Å². The number of benzene rings is 3. The number of carbonyl (C=O) groups is 2. The van der Waals surface area contributed by atoms with Crippen LogP contribution in [0.3, 0.4) is 0 Å². The maximum absolute atomic E-state index is 12.3. The molecule has 1 aliphatic carbocycles. The summed E-state index contributed by atoms with van der Waals surface area (Å²) in [7, 11) is 0. The topological polar surface area (TPSA) is 239 Å². The third-order valence-electron chi connectivity index (χ3n) is 11.0. The van der Waals surface area contributed by atoms with E-state index in [9.17, 15) is 9.59 Å². The van der Waals surface area contributed by atoms with Gasteiger partial charge in [0.05, 0.1) is 159 Å². The zero-order chi connectivity index (χ0) is 52.5. The smallest absolute Gasteiger partial charge is 0.407 e. The number of alkyl carbamates (subject to hydrolysis) is 1. The second-order valence-corrected chi connectivity index (χ2v) is 16.5. The van der Waals surface area contributed by atoms with Gasteiger partial charge in [-0.25, -0.2) is 9.78 Å². The number of hydrogen-bond acceptors (Lipinski definition) is 19. The Hall–Kier alpha value is -5.40. The molecule has 0 atom stereocenters. The van der Waals surface area contributed by atoms with E-state index in [0.29, 0.717) is 184 Å². The molecule has 414 valence electrons. The molecule has 21 nitrogen and oxygen atoms in total. The van der Waals surface area contributed by atoms with Gasteiger partial charge in [-0.15, -0.1) is 0 Å². The Morgan fingerprint density at radius 3 is 1.31 bits per heavy atom. The number of carbonyl (C=O) groups excluding carboxylic acids is 2. The molecule has 0 fully saturated rings. The van der Waals surface area contributed by atoms with Crippen LogP contribution in [0.4, 0.5) is 10.6 Å². The molecule has 2 amide bonds. The lowest BCUT2D eigenvalue weighted by molar-refractivity contribution is -0.122. The molecule has 0 saturated carbocycles. The fourth-order valence-corrected chi connectivity index (χ4v) is 7.17. The Labute approximate surface area is 440 Å². The number of hydrogen-bond donors (Lipinski definition) is 3. The molecule has 0 bridgehead atoms. The largest absolute Gasteiger partial charge is 0.459 e. The number of nitrogen functional groups attached to an aromatic ring is 1. The highest BCUT2D eigenvalue weighted by Gasteiger charge is 2.29. The van der Waals surface area contributed by atoms with Gasteiger partial charge in [0.2, 0.25) is 5.91 Å². The summed E-state index contributed by atoms with van der Waals surface area (Å²) < 4.78 is 77.4. The van der Waals surface area contributed by atoms with Crippen molar-refractivity contribution in [2.24, 2.45) is 0 Å². The first-order valence-electron chi connectivity index (χ1n) is 25.6. The predicted octanol–water partition coefficient (Wildman–Crippen LogP) is 4.38. The fourth-order valence-electron chi connectivity index (χ4n) is 7.17. The van der Waals surface area contributed by atoms with E-state index in [1.54, 1.807) is 12.3 Å². The van der Waals surface area contributed by atoms with E-state index in [2.05, 4.69) is 44.9 Å². The van der Waals surface area contributed by atoms with Crippen molar-refractivity contribution in [2.45, 2.75) is 25.5 Å². The molecular formula is C54H77N5O16. The van der Waals surface area contributed by atoms with Gasteiger partial charge in [-0.3, -0.25) is 4.79 Å². The van der Waals surface area contributed by atoms with Gasteiger partial charge in [0, 0.05) is 31.6 Å². The molecule has 0 spiro atoms. The summed E-state index contributed by atoms with van der Waals surface area (Å²) in [5, 5.41) is 5.64. The summed E-state index contributed by atoms with van der Waals surface area (Å²) in [6.45, 7) is 12.0. The first-order valence-corrected chi connectivity index (χ1v) is 25.6. The number of nitrogens with zero attached hydrogens (tertiary/aromatic N) is 2. The van der Waals surface area contributed by atoms with Gasteiger partial charge >= 0.3 is 12.1 Å². The van der Waals surface area contributed by atoms with E-state index >= 15 is 0 Å². The lowest BCUT2D eigenvalue weighted by atomic mass is 9.98. The van der Waals surface area contributed by atoms with Crippen molar-refractivity contribution in [2.75, 3.05) is 177 Å². The molecule has 5 rings (SSSR count). The average molecular weight is 1050 g/mol. The average Bonchev–Trinajstić information content (AvgIpc) is 3.76. The second kappa shape index (κ2) is 39.9. The highest BCUT2D eigenvalue weighted by atomic mass is 16.6. The van der Waals surface area contributed by atoms with Crippen LogP contribution in [0.2, 0.25) is 0 Å². The van der Waals surface area contributed by atoms with Gasteiger partial charge in [-0.05, 0) is 39.4 Å². The molecule has 3 aromatic carbocycles. The monoisotopic (exact) mass is 1050 g/mol. The second-order valence-electron chi connectivity index (χ2n) is 16.5. The summed E-state index contributed by atoms with van der Waals surface area (Å²) in [4.78, 5) is 32.5. The summed E-state index contributed by atoms with van der Waals surface area (Å²) in [5.74, 6) is 0.286. The van der Waals surface area contributed by atoms with Crippen LogP contribution >= 0.6 is 0 Å². The van der Waals surface area contributed by atoms with Crippen LogP contribution in [-0.4, -0.2) is 194 Å². The molecule has 1 aliphatic rings. The van der Waals surface area contributed by atoms with Crippen LogP contribution < -0.4 is 21.1 Å². The molecule has 4 N–H and O–H groups in total. The molecule has 0 saturated heterocycles. The van der Waals surface area contributed by atoms with Crippen LogP contribution in [0.15, 0.2) is 85.1 Å². The molecule has 0 aliphatic heterocycles. The third kappa shape index (κ3) is 27.3. The van der Waals surface area contributed by atoms with E-state index in [0.717, 1.165) is 11.1 Å². The van der Waals surface area contributed by atoms with Crippen LogP contribution in [0.5, 0.6) is 6.01 Å². The van der Waals surface area contributed by atoms with Gasteiger partial charge in [0.15, 0.2) is 0 Å². The number of nitrogens with one attached hydrogen (secondary N) is 2. The summed E-state index contributed by atoms with van der Waals surface area (Å²) in [6, 6.07) is 26.0. The quantitative estimate of drug-likeness (QED) is 0.0521. The Morgan fingerprint density at radius 1 is 0.467 bits per heavy atom. The van der Waals surface area contributed by atoms with Crippen molar-refractivity contribution in [1.82, 2.24) is 20.6 Å². The van der Waals surface area contributed by atoms with Gasteiger partial charge in [0.1, 0.15) is 19.0 Å². The fraction of sp³-hybridized carbons (Fsp3) is 0.556. The summed E-state index contributed by atoms with van der Waals surface area (Å²) in [5.41, 5.74) is 12.3. The number of aromatic nitrogens is 2. The van der Waals surface area contributed by atoms with Crippen molar-refractivity contribution >= 4 is 17.8 Å². The number of amides is 2. The molecule has 4 aromatic rings. The lowest BCUT2D eigenvalue weighted by Crippen LogP contribution is -2.29. The number of anilines is 1. The molecular weight excluding hydrogens is 975 g/mol. The number of fused-ring (bicyclic) bond motifs is 3. The van der Waals surface area contributed by atoms with Crippen molar-refractivity contribution in [3.8, 4) is 17.1 Å². The molecule has 75 heavy (non-hydrogen) atoms. The maximum Gasteiger partial charge on any atom is 0.407 e. The number of ether oxygens (including phenoxy) is 14. The Balaban J connectivity index is 0.647. The minimum absolute atomic E-state index is 0.0277. The maximum atomic E-state index is 12.3. The van der Waals surface area contributed by atoms with Crippen LogP contribution in [0.1, 0.15) is 34.6 Å². The Kier molecular flexibility index (Phi) is 32.2. The molecule has 21 heteroatoms. The first kappa shape index (κ1) is 60.5. The third-order valence-corrected chi connectivity index (χ3v) is 11.0. The number of nitrogens with two attached hydrogens (primary N) is 1. The summed E-state index contributed by atoms with van der Waals surface area (Å²) in [6.07, 6.45) is 1.35. The molecule has 1 heterocycles. The molecule has 1 aromatic heterocycles. The van der Waals surface area contributed by atoms with Crippen molar-refractivity contribution < 1.29 is 75.9 Å². The Morgan fingerprint density at radius 2 is 0.867 bits per heavy atom. The summed E-state index contributed by atoms with van der Waals surface area (Å²) >= 11 is 0. The SMILES string of the molecule is Nc1ccnc(OCc2ccc(CNC(=O)CCOCCOCCOCCOCCOCCOCCOCCOCCOCCOCCOCCOCCNC(=O)OCC3c4ccccc4-c4ccccc43)cc2)n1. The molecule has 0 radical (unpaired) electrons. The van der Waals surface area contributed by atoms with Crippen molar-refractivity contribution in [1.29, 1.82) is 0 Å². The van der Waals surface area contributed by atoms with E-state index < -0.39 is 6.09 Å². The molecule has 0 unspecified atom stereocenters.